The van der Waals surface area contributed by atoms with E-state index in [1.165, 1.54) is 49.8 Å². The molecule has 0 radical (unpaired) electrons. The lowest BCUT2D eigenvalue weighted by Gasteiger charge is -2.25. The molecule has 13 heavy (non-hydrogen) atoms. The van der Waals surface area contributed by atoms with Gasteiger partial charge >= 0.3 is 0 Å². The van der Waals surface area contributed by atoms with Crippen molar-refractivity contribution < 1.29 is 0 Å². The molecule has 3 aliphatic carbocycles. The van der Waals surface area contributed by atoms with E-state index in [-0.39, 0.29) is 0 Å². The SMILES string of the molecule is NC1=C2CCCC2=CC2CCCC12. The molecule has 2 atom stereocenters. The molecule has 2 fully saturated rings. The van der Waals surface area contributed by atoms with Crippen LogP contribution in [0.3, 0.4) is 0 Å². The fourth-order valence-electron chi connectivity index (χ4n) is 3.34. The number of hydrogen-bond acceptors (Lipinski definition) is 1. The Balaban J connectivity index is 2.05. The quantitative estimate of drug-likeness (QED) is 0.602. The molecule has 0 aliphatic heterocycles. The van der Waals surface area contributed by atoms with E-state index in [1.54, 1.807) is 5.57 Å². The van der Waals surface area contributed by atoms with Crippen LogP contribution in [0.1, 0.15) is 38.5 Å². The lowest BCUT2D eigenvalue weighted by atomic mass is 9.83. The second kappa shape index (κ2) is 2.63. The Morgan fingerprint density at radius 1 is 1.15 bits per heavy atom. The van der Waals surface area contributed by atoms with Crippen LogP contribution in [0.2, 0.25) is 0 Å². The fourth-order valence-corrected chi connectivity index (χ4v) is 3.34. The highest BCUT2D eigenvalue weighted by Gasteiger charge is 2.34. The zero-order valence-corrected chi connectivity index (χ0v) is 8.05. The molecular weight excluding hydrogens is 158 g/mol. The zero-order valence-electron chi connectivity index (χ0n) is 8.05. The maximum Gasteiger partial charge on any atom is 0.0153 e. The van der Waals surface area contributed by atoms with Gasteiger partial charge in [0.05, 0.1) is 0 Å². The molecule has 2 unspecified atom stereocenters. The molecule has 2 saturated carbocycles. The Labute approximate surface area is 79.7 Å². The highest BCUT2D eigenvalue weighted by molar-refractivity contribution is 5.43. The topological polar surface area (TPSA) is 26.0 Å². The maximum atomic E-state index is 6.24. The average molecular weight is 175 g/mol. The van der Waals surface area contributed by atoms with E-state index in [1.807, 2.05) is 0 Å². The van der Waals surface area contributed by atoms with Crippen LogP contribution in [0.15, 0.2) is 22.9 Å². The first kappa shape index (κ1) is 7.66. The summed E-state index contributed by atoms with van der Waals surface area (Å²) in [5, 5.41) is 0. The van der Waals surface area contributed by atoms with E-state index in [0.29, 0.717) is 0 Å². The van der Waals surface area contributed by atoms with E-state index in [2.05, 4.69) is 6.08 Å². The van der Waals surface area contributed by atoms with Crippen molar-refractivity contribution in [1.82, 2.24) is 0 Å². The molecule has 1 nitrogen and oxygen atoms in total. The molecule has 0 spiro atoms. The maximum absolute atomic E-state index is 6.24. The van der Waals surface area contributed by atoms with Crippen molar-refractivity contribution in [3.05, 3.63) is 22.9 Å². The summed E-state index contributed by atoms with van der Waals surface area (Å²) < 4.78 is 0. The Kier molecular flexibility index (Phi) is 1.55. The van der Waals surface area contributed by atoms with Crippen molar-refractivity contribution in [2.75, 3.05) is 0 Å². The molecular formula is C12H17N. The van der Waals surface area contributed by atoms with Gasteiger partial charge in [0.2, 0.25) is 0 Å². The van der Waals surface area contributed by atoms with E-state index in [4.69, 9.17) is 5.73 Å². The molecule has 1 heteroatoms. The van der Waals surface area contributed by atoms with Gasteiger partial charge in [-0.2, -0.15) is 0 Å². The third-order valence-corrected chi connectivity index (χ3v) is 3.99. The highest BCUT2D eigenvalue weighted by Crippen LogP contribution is 2.46. The molecule has 0 aromatic carbocycles. The largest absolute Gasteiger partial charge is 0.402 e. The van der Waals surface area contributed by atoms with Crippen LogP contribution in [0, 0.1) is 11.8 Å². The van der Waals surface area contributed by atoms with Crippen molar-refractivity contribution in [3.8, 4) is 0 Å². The van der Waals surface area contributed by atoms with Crippen LogP contribution in [-0.4, -0.2) is 0 Å². The summed E-state index contributed by atoms with van der Waals surface area (Å²) in [4.78, 5) is 0. The molecule has 0 heterocycles. The van der Waals surface area contributed by atoms with Crippen molar-refractivity contribution in [1.29, 1.82) is 0 Å². The lowest BCUT2D eigenvalue weighted by molar-refractivity contribution is 0.508. The normalized spacial score (nSPS) is 37.4. The molecule has 0 aromatic rings. The number of hydrogen-bond donors (Lipinski definition) is 1. The molecule has 2 N–H and O–H groups in total. The minimum absolute atomic E-state index is 0.719. The minimum Gasteiger partial charge on any atom is -0.402 e. The third-order valence-electron chi connectivity index (χ3n) is 3.99. The zero-order chi connectivity index (χ0) is 8.84. The monoisotopic (exact) mass is 175 g/mol. The lowest BCUT2D eigenvalue weighted by Crippen LogP contribution is -2.21. The van der Waals surface area contributed by atoms with Crippen LogP contribution in [0.5, 0.6) is 0 Å². The van der Waals surface area contributed by atoms with E-state index >= 15 is 0 Å². The molecule has 0 bridgehead atoms. The fraction of sp³-hybridized carbons (Fsp3) is 0.667. The summed E-state index contributed by atoms with van der Waals surface area (Å²) in [5.74, 6) is 1.52. The van der Waals surface area contributed by atoms with Gasteiger partial charge in [-0.15, -0.1) is 0 Å². The summed E-state index contributed by atoms with van der Waals surface area (Å²) in [6.45, 7) is 0. The number of fused-ring (bicyclic) bond motifs is 2. The second-order valence-corrected chi connectivity index (χ2v) is 4.68. The van der Waals surface area contributed by atoms with Crippen molar-refractivity contribution in [2.24, 2.45) is 17.6 Å². The number of rotatable bonds is 0. The van der Waals surface area contributed by atoms with Crippen LogP contribution >= 0.6 is 0 Å². The minimum atomic E-state index is 0.719. The summed E-state index contributed by atoms with van der Waals surface area (Å²) in [7, 11) is 0. The van der Waals surface area contributed by atoms with Gasteiger partial charge in [-0.1, -0.05) is 12.5 Å². The number of nitrogens with two attached hydrogens (primary N) is 1. The summed E-state index contributed by atoms with van der Waals surface area (Å²) in [6, 6.07) is 0. The van der Waals surface area contributed by atoms with E-state index in [0.717, 1.165) is 11.8 Å². The highest BCUT2D eigenvalue weighted by atomic mass is 14.6. The van der Waals surface area contributed by atoms with Gasteiger partial charge in [0, 0.05) is 11.6 Å². The van der Waals surface area contributed by atoms with Crippen LogP contribution < -0.4 is 5.73 Å². The van der Waals surface area contributed by atoms with Gasteiger partial charge < -0.3 is 5.73 Å². The van der Waals surface area contributed by atoms with Crippen LogP contribution in [0.4, 0.5) is 0 Å². The van der Waals surface area contributed by atoms with Gasteiger partial charge in [-0.3, -0.25) is 0 Å². The second-order valence-electron chi connectivity index (χ2n) is 4.68. The Hall–Kier alpha value is -0.720. The predicted molar refractivity (Wildman–Crippen MR) is 54.0 cm³/mol. The first-order valence-electron chi connectivity index (χ1n) is 5.56. The molecule has 0 saturated heterocycles. The van der Waals surface area contributed by atoms with Gasteiger partial charge in [-0.25, -0.2) is 0 Å². The Bertz CT molecular complexity index is 298. The smallest absolute Gasteiger partial charge is 0.0153 e. The van der Waals surface area contributed by atoms with Gasteiger partial charge in [-0.05, 0) is 49.2 Å². The third kappa shape index (κ3) is 0.993. The van der Waals surface area contributed by atoms with Gasteiger partial charge in [0.25, 0.3) is 0 Å². The average Bonchev–Trinajstić information content (AvgIpc) is 2.71. The summed E-state index contributed by atoms with van der Waals surface area (Å²) >= 11 is 0. The van der Waals surface area contributed by atoms with Crippen LogP contribution in [0.25, 0.3) is 0 Å². The van der Waals surface area contributed by atoms with Crippen molar-refractivity contribution in [3.63, 3.8) is 0 Å². The van der Waals surface area contributed by atoms with E-state index < -0.39 is 0 Å². The molecule has 70 valence electrons. The van der Waals surface area contributed by atoms with Gasteiger partial charge in [0.1, 0.15) is 0 Å². The predicted octanol–water partition coefficient (Wildman–Crippen LogP) is 2.74. The first-order chi connectivity index (χ1) is 6.36. The van der Waals surface area contributed by atoms with E-state index in [9.17, 15) is 0 Å². The number of allylic oxidation sites excluding steroid dienone is 4. The molecule has 0 amide bonds. The first-order valence-corrected chi connectivity index (χ1v) is 5.56. The van der Waals surface area contributed by atoms with Gasteiger partial charge in [0.15, 0.2) is 0 Å². The molecule has 3 rings (SSSR count). The Morgan fingerprint density at radius 2 is 2.08 bits per heavy atom. The summed E-state index contributed by atoms with van der Waals surface area (Å²) in [6.07, 6.45) is 10.5. The standard InChI is InChI=1S/C12H17N/c13-12-10-5-1-3-8(10)7-9-4-2-6-11(9)12/h7-8,10H,1-6,13H2. The summed E-state index contributed by atoms with van der Waals surface area (Å²) in [5.41, 5.74) is 10.6. The molecule has 3 aliphatic rings. The van der Waals surface area contributed by atoms with Crippen molar-refractivity contribution >= 4 is 0 Å². The molecule has 0 aromatic heterocycles. The van der Waals surface area contributed by atoms with Crippen molar-refractivity contribution in [2.45, 2.75) is 38.5 Å². The van der Waals surface area contributed by atoms with Crippen LogP contribution in [-0.2, 0) is 0 Å². The Morgan fingerprint density at radius 3 is 3.00 bits per heavy atom.